The highest BCUT2D eigenvalue weighted by Gasteiger charge is 2.30. The second-order valence-corrected chi connectivity index (χ2v) is 6.34. The highest BCUT2D eigenvalue weighted by molar-refractivity contribution is 7.80. The summed E-state index contributed by atoms with van der Waals surface area (Å²) in [7, 11) is 0. The lowest BCUT2D eigenvalue weighted by molar-refractivity contribution is -0.123. The first-order valence-corrected chi connectivity index (χ1v) is 7.87. The van der Waals surface area contributed by atoms with Crippen LogP contribution in [0, 0.1) is 0 Å². The molecule has 2 saturated carbocycles. The molecule has 2 rings (SSSR count). The van der Waals surface area contributed by atoms with Gasteiger partial charge in [-0.15, -0.1) is 0 Å². The van der Waals surface area contributed by atoms with E-state index in [1.165, 1.54) is 32.1 Å². The standard InChI is InChI=1S/C14H25N3OS/c15-13(19)8-9-17(12-6-7-12)10-14(18)16-11-4-2-1-3-5-11/h11-12H,1-10H2,(H2,15,19)(H,16,18). The van der Waals surface area contributed by atoms with Crippen molar-refractivity contribution in [1.82, 2.24) is 10.2 Å². The zero-order valence-electron chi connectivity index (χ0n) is 11.6. The van der Waals surface area contributed by atoms with Gasteiger partial charge in [-0.2, -0.15) is 0 Å². The molecule has 0 atom stereocenters. The average molecular weight is 283 g/mol. The number of hydrogen-bond donors (Lipinski definition) is 2. The summed E-state index contributed by atoms with van der Waals surface area (Å²) in [5.41, 5.74) is 5.55. The minimum absolute atomic E-state index is 0.168. The highest BCUT2D eigenvalue weighted by Crippen LogP contribution is 2.26. The van der Waals surface area contributed by atoms with Crippen LogP contribution in [0.5, 0.6) is 0 Å². The van der Waals surface area contributed by atoms with Crippen LogP contribution < -0.4 is 11.1 Å². The van der Waals surface area contributed by atoms with Gasteiger partial charge in [0.2, 0.25) is 5.91 Å². The lowest BCUT2D eigenvalue weighted by Gasteiger charge is -2.26. The quantitative estimate of drug-likeness (QED) is 0.697. The van der Waals surface area contributed by atoms with Gasteiger partial charge in [-0.05, 0) is 25.7 Å². The first-order valence-electron chi connectivity index (χ1n) is 7.47. The van der Waals surface area contributed by atoms with E-state index < -0.39 is 0 Å². The minimum Gasteiger partial charge on any atom is -0.393 e. The van der Waals surface area contributed by atoms with Crippen molar-refractivity contribution in [3.05, 3.63) is 0 Å². The fourth-order valence-electron chi connectivity index (χ4n) is 2.79. The first kappa shape index (κ1) is 14.7. The van der Waals surface area contributed by atoms with E-state index in [-0.39, 0.29) is 5.91 Å². The summed E-state index contributed by atoms with van der Waals surface area (Å²) in [6.07, 6.45) is 9.21. The maximum absolute atomic E-state index is 12.1. The minimum atomic E-state index is 0.168. The summed E-state index contributed by atoms with van der Waals surface area (Å²) in [5.74, 6) is 0.168. The molecule has 1 amide bonds. The summed E-state index contributed by atoms with van der Waals surface area (Å²) < 4.78 is 0. The Morgan fingerprint density at radius 2 is 1.89 bits per heavy atom. The molecule has 0 spiro atoms. The van der Waals surface area contributed by atoms with Crippen molar-refractivity contribution >= 4 is 23.1 Å². The fraction of sp³-hybridized carbons (Fsp3) is 0.857. The van der Waals surface area contributed by atoms with E-state index in [9.17, 15) is 4.79 Å². The summed E-state index contributed by atoms with van der Waals surface area (Å²) in [6, 6.07) is 0.976. The van der Waals surface area contributed by atoms with Crippen LogP contribution in [0.1, 0.15) is 51.4 Å². The Labute approximate surface area is 121 Å². The van der Waals surface area contributed by atoms with Crippen molar-refractivity contribution in [2.24, 2.45) is 5.73 Å². The molecule has 2 aliphatic rings. The summed E-state index contributed by atoms with van der Waals surface area (Å²) in [4.78, 5) is 14.9. The van der Waals surface area contributed by atoms with E-state index in [1.54, 1.807) is 0 Å². The number of nitrogens with zero attached hydrogens (tertiary/aromatic N) is 1. The van der Waals surface area contributed by atoms with Crippen LogP contribution in [-0.2, 0) is 4.79 Å². The van der Waals surface area contributed by atoms with Crippen LogP contribution in [0.2, 0.25) is 0 Å². The second-order valence-electron chi connectivity index (χ2n) is 5.82. The molecule has 0 aromatic rings. The number of hydrogen-bond acceptors (Lipinski definition) is 3. The lowest BCUT2D eigenvalue weighted by Crippen LogP contribution is -2.44. The zero-order valence-corrected chi connectivity index (χ0v) is 12.4. The third-order valence-electron chi connectivity index (χ3n) is 4.03. The van der Waals surface area contributed by atoms with E-state index in [0.717, 1.165) is 19.4 Å². The third kappa shape index (κ3) is 5.45. The van der Waals surface area contributed by atoms with Gasteiger partial charge in [0, 0.05) is 25.0 Å². The van der Waals surface area contributed by atoms with Gasteiger partial charge in [-0.25, -0.2) is 0 Å². The van der Waals surface area contributed by atoms with E-state index in [1.807, 2.05) is 0 Å². The topological polar surface area (TPSA) is 58.4 Å². The highest BCUT2D eigenvalue weighted by atomic mass is 32.1. The largest absolute Gasteiger partial charge is 0.393 e. The van der Waals surface area contributed by atoms with Gasteiger partial charge in [0.05, 0.1) is 11.5 Å². The second kappa shape index (κ2) is 7.20. The van der Waals surface area contributed by atoms with E-state index in [0.29, 0.717) is 30.0 Å². The zero-order chi connectivity index (χ0) is 13.7. The Hall–Kier alpha value is -0.680. The summed E-state index contributed by atoms with van der Waals surface area (Å²) in [5, 5.41) is 3.17. The number of nitrogens with one attached hydrogen (secondary N) is 1. The van der Waals surface area contributed by atoms with Crippen LogP contribution in [-0.4, -0.2) is 41.0 Å². The number of carbonyl (C=O) groups is 1. The van der Waals surface area contributed by atoms with Crippen molar-refractivity contribution in [3.63, 3.8) is 0 Å². The molecule has 0 aliphatic heterocycles. The van der Waals surface area contributed by atoms with Gasteiger partial charge >= 0.3 is 0 Å². The van der Waals surface area contributed by atoms with Crippen molar-refractivity contribution in [3.8, 4) is 0 Å². The smallest absolute Gasteiger partial charge is 0.234 e. The van der Waals surface area contributed by atoms with Crippen LogP contribution in [0.4, 0.5) is 0 Å². The first-order chi connectivity index (χ1) is 9.15. The molecular weight excluding hydrogens is 258 g/mol. The van der Waals surface area contributed by atoms with Gasteiger partial charge in [-0.3, -0.25) is 9.69 Å². The average Bonchev–Trinajstić information content (AvgIpc) is 3.19. The SMILES string of the molecule is NC(=S)CCN(CC(=O)NC1CCCCC1)C1CC1. The number of nitrogens with two attached hydrogens (primary N) is 1. The Balaban J connectivity index is 1.72. The van der Waals surface area contributed by atoms with Gasteiger partial charge in [0.25, 0.3) is 0 Å². The Morgan fingerprint density at radius 3 is 2.47 bits per heavy atom. The maximum atomic E-state index is 12.1. The molecule has 19 heavy (non-hydrogen) atoms. The number of thiocarbonyl (C=S) groups is 1. The van der Waals surface area contributed by atoms with Crippen molar-refractivity contribution in [1.29, 1.82) is 0 Å². The van der Waals surface area contributed by atoms with Gasteiger partial charge in [0.15, 0.2) is 0 Å². The molecule has 0 aromatic carbocycles. The Kier molecular flexibility index (Phi) is 5.58. The molecule has 2 fully saturated rings. The van der Waals surface area contributed by atoms with Crippen molar-refractivity contribution in [2.75, 3.05) is 13.1 Å². The molecule has 2 aliphatic carbocycles. The molecule has 0 saturated heterocycles. The summed E-state index contributed by atoms with van der Waals surface area (Å²) >= 11 is 4.92. The fourth-order valence-corrected chi connectivity index (χ4v) is 2.88. The lowest BCUT2D eigenvalue weighted by atomic mass is 9.95. The number of carbonyl (C=O) groups excluding carboxylic acids is 1. The van der Waals surface area contributed by atoms with Crippen LogP contribution in [0.15, 0.2) is 0 Å². The van der Waals surface area contributed by atoms with E-state index in [4.69, 9.17) is 18.0 Å². The van der Waals surface area contributed by atoms with E-state index in [2.05, 4.69) is 10.2 Å². The molecule has 0 radical (unpaired) electrons. The molecule has 5 heteroatoms. The monoisotopic (exact) mass is 283 g/mol. The van der Waals surface area contributed by atoms with Gasteiger partial charge in [-0.1, -0.05) is 31.5 Å². The molecule has 0 heterocycles. The molecule has 108 valence electrons. The number of amides is 1. The molecule has 0 aromatic heterocycles. The predicted molar refractivity (Wildman–Crippen MR) is 81.0 cm³/mol. The van der Waals surface area contributed by atoms with Crippen LogP contribution >= 0.6 is 12.2 Å². The summed E-state index contributed by atoms with van der Waals surface area (Å²) in [6.45, 7) is 1.32. The van der Waals surface area contributed by atoms with Crippen LogP contribution in [0.25, 0.3) is 0 Å². The van der Waals surface area contributed by atoms with E-state index >= 15 is 0 Å². The van der Waals surface area contributed by atoms with Gasteiger partial charge < -0.3 is 11.1 Å². The van der Waals surface area contributed by atoms with Crippen molar-refractivity contribution < 1.29 is 4.79 Å². The molecule has 0 bridgehead atoms. The van der Waals surface area contributed by atoms with Crippen molar-refractivity contribution in [2.45, 2.75) is 63.5 Å². The Morgan fingerprint density at radius 1 is 1.21 bits per heavy atom. The molecule has 3 N–H and O–H groups in total. The molecule has 4 nitrogen and oxygen atoms in total. The predicted octanol–water partition coefficient (Wildman–Crippen LogP) is 1.58. The Bertz CT molecular complexity index is 325. The van der Waals surface area contributed by atoms with Gasteiger partial charge in [0.1, 0.15) is 0 Å². The normalized spacial score (nSPS) is 20.5. The molecule has 0 unspecified atom stereocenters. The number of rotatable bonds is 7. The maximum Gasteiger partial charge on any atom is 0.234 e. The molecular formula is C14H25N3OS. The third-order valence-corrected chi connectivity index (χ3v) is 4.23. The van der Waals surface area contributed by atoms with Crippen LogP contribution in [0.3, 0.4) is 0 Å².